The predicted octanol–water partition coefficient (Wildman–Crippen LogP) is 1.98. The molecule has 1 aromatic rings. The molecule has 0 unspecified atom stereocenters. The van der Waals surface area contributed by atoms with E-state index in [1.165, 1.54) is 12.1 Å². The molecule has 0 aromatic heterocycles. The van der Waals surface area contributed by atoms with E-state index >= 15 is 0 Å². The number of aliphatic hydroxyl groups is 2. The van der Waals surface area contributed by atoms with Gasteiger partial charge in [-0.3, -0.25) is 0 Å². The highest BCUT2D eigenvalue weighted by Crippen LogP contribution is 2.33. The van der Waals surface area contributed by atoms with Gasteiger partial charge < -0.3 is 15.5 Å². The van der Waals surface area contributed by atoms with E-state index < -0.39 is 22.7 Å². The molecule has 0 saturated heterocycles. The molecule has 1 rings (SSSR count). The number of benzene rings is 1. The van der Waals surface area contributed by atoms with Crippen LogP contribution >= 0.6 is 0 Å². The van der Waals surface area contributed by atoms with Gasteiger partial charge in [0, 0.05) is 17.6 Å². The quantitative estimate of drug-likeness (QED) is 0.774. The molecule has 0 saturated carbocycles. The molecule has 0 heterocycles. The van der Waals surface area contributed by atoms with Gasteiger partial charge in [0.2, 0.25) is 0 Å². The molecule has 0 radical (unpaired) electrons. The highest BCUT2D eigenvalue weighted by atomic mass is 19.4. The number of halogens is 3. The lowest BCUT2D eigenvalue weighted by atomic mass is 9.93. The van der Waals surface area contributed by atoms with Gasteiger partial charge in [0.15, 0.2) is 0 Å². The molecule has 0 bridgehead atoms. The summed E-state index contributed by atoms with van der Waals surface area (Å²) in [5, 5.41) is 29.6. The van der Waals surface area contributed by atoms with Gasteiger partial charge in [0.05, 0.1) is 30.4 Å². The minimum absolute atomic E-state index is 0.100. The van der Waals surface area contributed by atoms with Crippen LogP contribution in [0.4, 0.5) is 18.9 Å². The van der Waals surface area contributed by atoms with Gasteiger partial charge in [-0.05, 0) is 18.2 Å². The van der Waals surface area contributed by atoms with E-state index in [0.717, 1.165) is 12.1 Å². The average Bonchev–Trinajstić information content (AvgIpc) is 2.43. The molecule has 3 N–H and O–H groups in total. The standard InChI is InChI=1S/C13H15F3N2O2/c1-12(7-19,8-20)6-18-10-3-2-9(5-17)11(4-10)13(14,15)16/h2-4,18-20H,6-8H2,1H3. The van der Waals surface area contributed by atoms with Crippen LogP contribution in [0.15, 0.2) is 18.2 Å². The van der Waals surface area contributed by atoms with Crippen molar-refractivity contribution in [2.45, 2.75) is 13.1 Å². The van der Waals surface area contributed by atoms with Gasteiger partial charge in [0.25, 0.3) is 0 Å². The Morgan fingerprint density at radius 3 is 2.30 bits per heavy atom. The van der Waals surface area contributed by atoms with Crippen molar-refractivity contribution in [3.63, 3.8) is 0 Å². The summed E-state index contributed by atoms with van der Waals surface area (Å²) in [4.78, 5) is 0. The van der Waals surface area contributed by atoms with Crippen LogP contribution in [0.3, 0.4) is 0 Å². The monoisotopic (exact) mass is 288 g/mol. The fourth-order valence-corrected chi connectivity index (χ4v) is 1.46. The number of anilines is 1. The summed E-state index contributed by atoms with van der Waals surface area (Å²) in [7, 11) is 0. The third-order valence-corrected chi connectivity index (χ3v) is 2.93. The number of hydrogen-bond donors (Lipinski definition) is 3. The van der Waals surface area contributed by atoms with Gasteiger partial charge in [0.1, 0.15) is 0 Å². The zero-order valence-corrected chi connectivity index (χ0v) is 10.8. The van der Waals surface area contributed by atoms with Gasteiger partial charge in [-0.1, -0.05) is 6.92 Å². The lowest BCUT2D eigenvalue weighted by Gasteiger charge is -2.25. The van der Waals surface area contributed by atoms with Crippen molar-refractivity contribution in [1.82, 2.24) is 0 Å². The van der Waals surface area contributed by atoms with E-state index in [4.69, 9.17) is 15.5 Å². The molecule has 7 heteroatoms. The average molecular weight is 288 g/mol. The zero-order valence-electron chi connectivity index (χ0n) is 10.8. The van der Waals surface area contributed by atoms with Crippen molar-refractivity contribution in [1.29, 1.82) is 5.26 Å². The Labute approximate surface area is 114 Å². The number of nitriles is 1. The Balaban J connectivity index is 2.97. The fourth-order valence-electron chi connectivity index (χ4n) is 1.46. The van der Waals surface area contributed by atoms with Crippen molar-refractivity contribution in [3.8, 4) is 6.07 Å². The molecule has 0 spiro atoms. The van der Waals surface area contributed by atoms with Crippen molar-refractivity contribution >= 4 is 5.69 Å². The number of hydrogen-bond acceptors (Lipinski definition) is 4. The summed E-state index contributed by atoms with van der Waals surface area (Å²) >= 11 is 0. The first kappa shape index (κ1) is 16.3. The fraction of sp³-hybridized carbons (Fsp3) is 0.462. The maximum atomic E-state index is 12.8. The summed E-state index contributed by atoms with van der Waals surface area (Å²) in [6, 6.07) is 4.77. The van der Waals surface area contributed by atoms with Crippen LogP contribution in [0.2, 0.25) is 0 Å². The minimum Gasteiger partial charge on any atom is -0.396 e. The molecular formula is C13H15F3N2O2. The Bertz CT molecular complexity index is 505. The summed E-state index contributed by atoms with van der Waals surface area (Å²) in [5.74, 6) is 0. The van der Waals surface area contributed by atoms with Crippen molar-refractivity contribution < 1.29 is 23.4 Å². The first-order valence-corrected chi connectivity index (χ1v) is 5.83. The molecule has 0 aliphatic rings. The molecule has 20 heavy (non-hydrogen) atoms. The Morgan fingerprint density at radius 2 is 1.85 bits per heavy atom. The summed E-state index contributed by atoms with van der Waals surface area (Å²) in [6.07, 6.45) is -4.61. The summed E-state index contributed by atoms with van der Waals surface area (Å²) in [5.41, 5.74) is -2.13. The number of rotatable bonds is 5. The molecular weight excluding hydrogens is 273 g/mol. The summed E-state index contributed by atoms with van der Waals surface area (Å²) in [6.45, 7) is 1.08. The first-order valence-electron chi connectivity index (χ1n) is 5.83. The van der Waals surface area contributed by atoms with Crippen LogP contribution < -0.4 is 5.32 Å². The Morgan fingerprint density at radius 1 is 1.25 bits per heavy atom. The number of nitrogens with zero attached hydrogens (tertiary/aromatic N) is 1. The lowest BCUT2D eigenvalue weighted by Crippen LogP contribution is -2.34. The third-order valence-electron chi connectivity index (χ3n) is 2.93. The first-order chi connectivity index (χ1) is 9.25. The molecule has 0 fully saturated rings. The molecule has 0 atom stereocenters. The molecule has 110 valence electrons. The van der Waals surface area contributed by atoms with Crippen molar-refractivity contribution in [2.24, 2.45) is 5.41 Å². The normalized spacial score (nSPS) is 12.1. The van der Waals surface area contributed by atoms with E-state index in [-0.39, 0.29) is 25.4 Å². The Hall–Kier alpha value is -1.78. The number of aliphatic hydroxyl groups excluding tert-OH is 2. The molecule has 0 amide bonds. The van der Waals surface area contributed by atoms with Gasteiger partial charge in [-0.15, -0.1) is 0 Å². The maximum Gasteiger partial charge on any atom is 0.417 e. The zero-order chi connectivity index (χ0) is 15.4. The molecule has 4 nitrogen and oxygen atoms in total. The van der Waals surface area contributed by atoms with Gasteiger partial charge >= 0.3 is 6.18 Å². The van der Waals surface area contributed by atoms with Crippen LogP contribution in [-0.4, -0.2) is 30.0 Å². The molecule has 0 aliphatic heterocycles. The second-order valence-electron chi connectivity index (χ2n) is 4.85. The summed E-state index contributed by atoms with van der Waals surface area (Å²) < 4.78 is 38.3. The third kappa shape index (κ3) is 3.85. The SMILES string of the molecule is CC(CO)(CO)CNc1ccc(C#N)c(C(F)(F)F)c1. The van der Waals surface area contributed by atoms with Crippen molar-refractivity contribution in [2.75, 3.05) is 25.1 Å². The lowest BCUT2D eigenvalue weighted by molar-refractivity contribution is -0.137. The topological polar surface area (TPSA) is 76.3 Å². The van der Waals surface area contributed by atoms with E-state index in [0.29, 0.717) is 0 Å². The van der Waals surface area contributed by atoms with Crippen LogP contribution in [0.1, 0.15) is 18.1 Å². The largest absolute Gasteiger partial charge is 0.417 e. The predicted molar refractivity (Wildman–Crippen MR) is 66.9 cm³/mol. The van der Waals surface area contributed by atoms with Gasteiger partial charge in [-0.2, -0.15) is 18.4 Å². The number of alkyl halides is 3. The maximum absolute atomic E-state index is 12.8. The highest BCUT2D eigenvalue weighted by Gasteiger charge is 2.34. The van der Waals surface area contributed by atoms with E-state index in [2.05, 4.69) is 5.32 Å². The van der Waals surface area contributed by atoms with Crippen LogP contribution in [-0.2, 0) is 6.18 Å². The Kier molecular flexibility index (Phi) is 4.98. The van der Waals surface area contributed by atoms with Gasteiger partial charge in [-0.25, -0.2) is 0 Å². The van der Waals surface area contributed by atoms with Crippen LogP contribution in [0, 0.1) is 16.7 Å². The smallest absolute Gasteiger partial charge is 0.396 e. The van der Waals surface area contributed by atoms with E-state index in [1.54, 1.807) is 6.92 Å². The van der Waals surface area contributed by atoms with E-state index in [9.17, 15) is 13.2 Å². The van der Waals surface area contributed by atoms with E-state index in [1.807, 2.05) is 0 Å². The van der Waals surface area contributed by atoms with Crippen LogP contribution in [0.25, 0.3) is 0 Å². The molecule has 1 aromatic carbocycles. The second kappa shape index (κ2) is 6.11. The van der Waals surface area contributed by atoms with Crippen LogP contribution in [0.5, 0.6) is 0 Å². The molecule has 0 aliphatic carbocycles. The van der Waals surface area contributed by atoms with Crippen molar-refractivity contribution in [3.05, 3.63) is 29.3 Å². The minimum atomic E-state index is -4.61. The second-order valence-corrected chi connectivity index (χ2v) is 4.85. The number of nitrogens with one attached hydrogen (secondary N) is 1. The highest BCUT2D eigenvalue weighted by molar-refractivity contribution is 5.53.